The first-order valence-electron chi connectivity index (χ1n) is 8.21. The highest BCUT2D eigenvalue weighted by Gasteiger charge is 2.20. The molecule has 0 aromatic heterocycles. The maximum atomic E-state index is 5.49. The highest BCUT2D eigenvalue weighted by molar-refractivity contribution is 5.46. The van der Waals surface area contributed by atoms with E-state index in [-0.39, 0.29) is 0 Å². The zero-order chi connectivity index (χ0) is 15.1. The van der Waals surface area contributed by atoms with E-state index in [0.29, 0.717) is 6.04 Å². The van der Waals surface area contributed by atoms with Gasteiger partial charge in [-0.15, -0.1) is 0 Å². The topological polar surface area (TPSA) is 30.5 Å². The van der Waals surface area contributed by atoms with Crippen molar-refractivity contribution in [3.8, 4) is 11.5 Å². The van der Waals surface area contributed by atoms with Crippen LogP contribution in [0.5, 0.6) is 11.5 Å². The second-order valence-corrected chi connectivity index (χ2v) is 6.04. The van der Waals surface area contributed by atoms with Crippen LogP contribution < -0.4 is 14.8 Å². The molecule has 1 N–H and O–H groups in total. The molecule has 0 amide bonds. The van der Waals surface area contributed by atoms with Crippen LogP contribution in [0, 0.1) is 5.92 Å². The fourth-order valence-corrected chi connectivity index (χ4v) is 3.41. The Morgan fingerprint density at radius 1 is 1.10 bits per heavy atom. The van der Waals surface area contributed by atoms with Gasteiger partial charge in [0.15, 0.2) is 11.5 Å². The lowest BCUT2D eigenvalue weighted by atomic mass is 9.83. The second-order valence-electron chi connectivity index (χ2n) is 6.04. The molecule has 21 heavy (non-hydrogen) atoms. The third kappa shape index (κ3) is 4.37. The first-order valence-corrected chi connectivity index (χ1v) is 8.21. The Morgan fingerprint density at radius 2 is 1.86 bits per heavy atom. The van der Waals surface area contributed by atoms with Gasteiger partial charge in [-0.1, -0.05) is 31.9 Å². The van der Waals surface area contributed by atoms with Gasteiger partial charge < -0.3 is 14.8 Å². The summed E-state index contributed by atoms with van der Waals surface area (Å²) in [6.07, 6.45) is 8.08. The number of hydrogen-bond acceptors (Lipinski definition) is 3. The van der Waals surface area contributed by atoms with Gasteiger partial charge in [0.05, 0.1) is 14.2 Å². The maximum Gasteiger partial charge on any atom is 0.165 e. The quantitative estimate of drug-likeness (QED) is 0.818. The predicted molar refractivity (Wildman–Crippen MR) is 87.0 cm³/mol. The summed E-state index contributed by atoms with van der Waals surface area (Å²) in [4.78, 5) is 0. The average Bonchev–Trinajstić information content (AvgIpc) is 2.54. The molecule has 0 radical (unpaired) electrons. The summed E-state index contributed by atoms with van der Waals surface area (Å²) in [6.45, 7) is 3.14. The van der Waals surface area contributed by atoms with E-state index in [2.05, 4.69) is 18.3 Å². The van der Waals surface area contributed by atoms with Crippen molar-refractivity contribution < 1.29 is 9.47 Å². The summed E-state index contributed by atoms with van der Waals surface area (Å²) >= 11 is 0. The van der Waals surface area contributed by atoms with Gasteiger partial charge in [0.25, 0.3) is 0 Å². The van der Waals surface area contributed by atoms with Crippen molar-refractivity contribution in [2.24, 2.45) is 5.92 Å². The molecule has 1 saturated carbocycles. The third-order valence-corrected chi connectivity index (χ3v) is 4.61. The Hall–Kier alpha value is -1.22. The third-order valence-electron chi connectivity index (χ3n) is 4.61. The number of para-hydroxylation sites is 1. The normalized spacial score (nSPS) is 22.0. The van der Waals surface area contributed by atoms with Crippen molar-refractivity contribution in [2.45, 2.75) is 58.0 Å². The van der Waals surface area contributed by atoms with Gasteiger partial charge >= 0.3 is 0 Å². The molecule has 0 atom stereocenters. The number of rotatable bonds is 7. The lowest BCUT2D eigenvalue weighted by Gasteiger charge is -2.29. The predicted octanol–water partition coefficient (Wildman–Crippen LogP) is 4.15. The number of ether oxygens (including phenoxy) is 2. The van der Waals surface area contributed by atoms with Crippen LogP contribution in [0.1, 0.15) is 51.0 Å². The van der Waals surface area contributed by atoms with E-state index < -0.39 is 0 Å². The highest BCUT2D eigenvalue weighted by Crippen LogP contribution is 2.31. The molecule has 1 aromatic rings. The fourth-order valence-electron chi connectivity index (χ4n) is 3.41. The molecular formula is C18H29NO2. The summed E-state index contributed by atoms with van der Waals surface area (Å²) in [7, 11) is 3.39. The van der Waals surface area contributed by atoms with Crippen LogP contribution in [-0.2, 0) is 6.54 Å². The number of nitrogens with one attached hydrogen (secondary N) is 1. The van der Waals surface area contributed by atoms with Gasteiger partial charge in [0.1, 0.15) is 0 Å². The standard InChI is InChI=1S/C18H29NO2/c1-4-6-14-9-11-16(12-10-14)19-13-15-7-5-8-17(20-2)18(15)21-3/h5,7-8,14,16,19H,4,6,9-13H2,1-3H3. The average molecular weight is 291 g/mol. The second kappa shape index (κ2) is 8.28. The van der Waals surface area contributed by atoms with Crippen molar-refractivity contribution in [3.05, 3.63) is 23.8 Å². The van der Waals surface area contributed by atoms with Gasteiger partial charge in [-0.2, -0.15) is 0 Å². The molecule has 1 aliphatic carbocycles. The van der Waals surface area contributed by atoms with Gasteiger partial charge in [-0.25, -0.2) is 0 Å². The minimum atomic E-state index is 0.647. The smallest absolute Gasteiger partial charge is 0.165 e. The molecule has 0 saturated heterocycles. The molecule has 0 aliphatic heterocycles. The van der Waals surface area contributed by atoms with Gasteiger partial charge in [0, 0.05) is 18.2 Å². The minimum Gasteiger partial charge on any atom is -0.493 e. The largest absolute Gasteiger partial charge is 0.493 e. The molecule has 3 nitrogen and oxygen atoms in total. The van der Waals surface area contributed by atoms with Crippen molar-refractivity contribution in [1.82, 2.24) is 5.32 Å². The zero-order valence-corrected chi connectivity index (χ0v) is 13.7. The van der Waals surface area contributed by atoms with Crippen LogP contribution in [0.2, 0.25) is 0 Å². The molecule has 1 fully saturated rings. The van der Waals surface area contributed by atoms with Gasteiger partial charge in [-0.3, -0.25) is 0 Å². The highest BCUT2D eigenvalue weighted by atomic mass is 16.5. The number of methoxy groups -OCH3 is 2. The monoisotopic (exact) mass is 291 g/mol. The SMILES string of the molecule is CCCC1CCC(NCc2cccc(OC)c2OC)CC1. The minimum absolute atomic E-state index is 0.647. The van der Waals surface area contributed by atoms with E-state index in [4.69, 9.17) is 9.47 Å². The van der Waals surface area contributed by atoms with Crippen LogP contribution in [0.25, 0.3) is 0 Å². The fraction of sp³-hybridized carbons (Fsp3) is 0.667. The Kier molecular flexibility index (Phi) is 6.37. The molecular weight excluding hydrogens is 262 g/mol. The Morgan fingerprint density at radius 3 is 2.48 bits per heavy atom. The zero-order valence-electron chi connectivity index (χ0n) is 13.7. The maximum absolute atomic E-state index is 5.49. The van der Waals surface area contributed by atoms with Crippen molar-refractivity contribution in [2.75, 3.05) is 14.2 Å². The van der Waals surface area contributed by atoms with E-state index in [0.717, 1.165) is 24.0 Å². The van der Waals surface area contributed by atoms with Crippen LogP contribution >= 0.6 is 0 Å². The van der Waals surface area contributed by atoms with Crippen molar-refractivity contribution in [3.63, 3.8) is 0 Å². The van der Waals surface area contributed by atoms with E-state index in [1.54, 1.807) is 14.2 Å². The van der Waals surface area contributed by atoms with Gasteiger partial charge in [0.2, 0.25) is 0 Å². The lowest BCUT2D eigenvalue weighted by molar-refractivity contribution is 0.276. The summed E-state index contributed by atoms with van der Waals surface area (Å²) in [5, 5.41) is 3.69. The number of benzene rings is 1. The van der Waals surface area contributed by atoms with Crippen LogP contribution in [0.4, 0.5) is 0 Å². The lowest BCUT2D eigenvalue weighted by Crippen LogP contribution is -2.32. The summed E-state index contributed by atoms with van der Waals surface area (Å²) in [6, 6.07) is 6.72. The molecule has 0 heterocycles. The van der Waals surface area contributed by atoms with E-state index in [9.17, 15) is 0 Å². The molecule has 0 unspecified atom stereocenters. The molecule has 118 valence electrons. The van der Waals surface area contributed by atoms with Crippen LogP contribution in [-0.4, -0.2) is 20.3 Å². The first-order chi connectivity index (χ1) is 10.3. The molecule has 3 heteroatoms. The Labute approximate surface area is 129 Å². The molecule has 0 bridgehead atoms. The van der Waals surface area contributed by atoms with Crippen LogP contribution in [0.3, 0.4) is 0 Å². The molecule has 1 aromatic carbocycles. The van der Waals surface area contributed by atoms with Crippen molar-refractivity contribution in [1.29, 1.82) is 0 Å². The Bertz CT molecular complexity index is 425. The Balaban J connectivity index is 1.86. The molecule has 2 rings (SSSR count). The van der Waals surface area contributed by atoms with Gasteiger partial charge in [-0.05, 0) is 37.7 Å². The van der Waals surface area contributed by atoms with E-state index >= 15 is 0 Å². The van der Waals surface area contributed by atoms with E-state index in [1.807, 2.05) is 12.1 Å². The van der Waals surface area contributed by atoms with E-state index in [1.165, 1.54) is 44.1 Å². The summed E-state index contributed by atoms with van der Waals surface area (Å²) < 4.78 is 10.8. The first kappa shape index (κ1) is 16.2. The molecule has 0 spiro atoms. The summed E-state index contributed by atoms with van der Waals surface area (Å²) in [5.74, 6) is 2.62. The number of hydrogen-bond donors (Lipinski definition) is 1. The molecule has 1 aliphatic rings. The summed E-state index contributed by atoms with van der Waals surface area (Å²) in [5.41, 5.74) is 1.17. The van der Waals surface area contributed by atoms with Crippen LogP contribution in [0.15, 0.2) is 18.2 Å². The van der Waals surface area contributed by atoms with Crippen molar-refractivity contribution >= 4 is 0 Å².